The van der Waals surface area contributed by atoms with E-state index >= 15 is 0 Å². The zero-order chi connectivity index (χ0) is 18.3. The molecule has 7 heteroatoms. The van der Waals surface area contributed by atoms with Gasteiger partial charge >= 0.3 is 18.0 Å². The SMILES string of the molecule is COC(=O)C1(c2ccccc2)CCN(C(=O)NCCCC(=O)O)CC1. The van der Waals surface area contributed by atoms with Crippen molar-refractivity contribution in [2.75, 3.05) is 26.7 Å². The molecule has 136 valence electrons. The molecule has 1 aliphatic heterocycles. The van der Waals surface area contributed by atoms with Crippen LogP contribution < -0.4 is 5.32 Å². The highest BCUT2D eigenvalue weighted by molar-refractivity contribution is 5.84. The Morgan fingerprint density at radius 2 is 1.84 bits per heavy atom. The Balaban J connectivity index is 1.96. The molecule has 2 amide bonds. The average Bonchev–Trinajstić information content (AvgIpc) is 2.65. The quantitative estimate of drug-likeness (QED) is 0.603. The minimum Gasteiger partial charge on any atom is -0.481 e. The number of nitrogens with one attached hydrogen (secondary N) is 1. The summed E-state index contributed by atoms with van der Waals surface area (Å²) < 4.78 is 5.03. The topological polar surface area (TPSA) is 95.9 Å². The van der Waals surface area contributed by atoms with E-state index in [0.717, 1.165) is 5.56 Å². The summed E-state index contributed by atoms with van der Waals surface area (Å²) in [5.41, 5.74) is 0.180. The van der Waals surface area contributed by atoms with Crippen molar-refractivity contribution in [3.05, 3.63) is 35.9 Å². The van der Waals surface area contributed by atoms with Crippen LogP contribution in [0.5, 0.6) is 0 Å². The fourth-order valence-corrected chi connectivity index (χ4v) is 3.20. The fourth-order valence-electron chi connectivity index (χ4n) is 3.20. The molecular formula is C18H24N2O5. The van der Waals surface area contributed by atoms with Crippen LogP contribution in [-0.4, -0.2) is 54.7 Å². The number of benzene rings is 1. The molecule has 1 aromatic carbocycles. The highest BCUT2D eigenvalue weighted by Crippen LogP contribution is 2.36. The maximum Gasteiger partial charge on any atom is 0.317 e. The lowest BCUT2D eigenvalue weighted by atomic mass is 9.73. The van der Waals surface area contributed by atoms with Gasteiger partial charge in [-0.25, -0.2) is 4.79 Å². The summed E-state index contributed by atoms with van der Waals surface area (Å²) in [5.74, 6) is -1.15. The minimum absolute atomic E-state index is 0.0275. The molecule has 1 fully saturated rings. The molecule has 0 bridgehead atoms. The van der Waals surface area contributed by atoms with Crippen LogP contribution in [0.25, 0.3) is 0 Å². The van der Waals surface area contributed by atoms with Gasteiger partial charge in [0.25, 0.3) is 0 Å². The van der Waals surface area contributed by atoms with Crippen LogP contribution >= 0.6 is 0 Å². The molecule has 0 aliphatic carbocycles. The third kappa shape index (κ3) is 4.49. The number of aliphatic carboxylic acids is 1. The Hall–Kier alpha value is -2.57. The summed E-state index contributed by atoms with van der Waals surface area (Å²) in [5, 5.41) is 11.3. The van der Waals surface area contributed by atoms with Gasteiger partial charge in [0.2, 0.25) is 0 Å². The summed E-state index contributed by atoms with van der Waals surface area (Å²) in [7, 11) is 1.38. The largest absolute Gasteiger partial charge is 0.481 e. The lowest BCUT2D eigenvalue weighted by Crippen LogP contribution is -2.52. The smallest absolute Gasteiger partial charge is 0.317 e. The molecule has 0 aromatic heterocycles. The van der Waals surface area contributed by atoms with Gasteiger partial charge in [-0.3, -0.25) is 9.59 Å². The van der Waals surface area contributed by atoms with Crippen molar-refractivity contribution in [3.63, 3.8) is 0 Å². The number of carbonyl (C=O) groups excluding carboxylic acids is 2. The number of urea groups is 1. The van der Waals surface area contributed by atoms with Crippen LogP contribution in [0, 0.1) is 0 Å². The molecule has 7 nitrogen and oxygen atoms in total. The number of methoxy groups -OCH3 is 1. The van der Waals surface area contributed by atoms with E-state index in [9.17, 15) is 14.4 Å². The zero-order valence-electron chi connectivity index (χ0n) is 14.4. The Bertz CT molecular complexity index is 609. The summed E-state index contributed by atoms with van der Waals surface area (Å²) >= 11 is 0. The highest BCUT2D eigenvalue weighted by Gasteiger charge is 2.44. The second kappa shape index (κ2) is 8.50. The predicted molar refractivity (Wildman–Crippen MR) is 91.2 cm³/mol. The van der Waals surface area contributed by atoms with Gasteiger partial charge in [0, 0.05) is 26.1 Å². The van der Waals surface area contributed by atoms with Crippen LogP contribution in [0.4, 0.5) is 4.79 Å². The molecular weight excluding hydrogens is 324 g/mol. The van der Waals surface area contributed by atoms with E-state index in [1.54, 1.807) is 4.90 Å². The van der Waals surface area contributed by atoms with Crippen molar-refractivity contribution in [1.82, 2.24) is 10.2 Å². The maximum atomic E-state index is 12.4. The predicted octanol–water partition coefficient (Wildman–Crippen LogP) is 1.77. The van der Waals surface area contributed by atoms with Crippen molar-refractivity contribution < 1.29 is 24.2 Å². The first kappa shape index (κ1) is 18.8. The number of piperidine rings is 1. The number of likely N-dealkylation sites (tertiary alicyclic amines) is 1. The summed E-state index contributed by atoms with van der Waals surface area (Å²) in [4.78, 5) is 36.8. The number of esters is 1. The number of carbonyl (C=O) groups is 3. The number of amides is 2. The zero-order valence-corrected chi connectivity index (χ0v) is 14.4. The molecule has 1 aliphatic rings. The van der Waals surface area contributed by atoms with Gasteiger partial charge in [-0.05, 0) is 24.8 Å². The average molecular weight is 348 g/mol. The number of rotatable bonds is 6. The molecule has 2 N–H and O–H groups in total. The van der Waals surface area contributed by atoms with Crippen LogP contribution in [0.1, 0.15) is 31.2 Å². The van der Waals surface area contributed by atoms with Gasteiger partial charge in [-0.2, -0.15) is 0 Å². The van der Waals surface area contributed by atoms with Gasteiger partial charge in [0.15, 0.2) is 0 Å². The van der Waals surface area contributed by atoms with Gasteiger partial charge in [-0.1, -0.05) is 30.3 Å². The first-order valence-corrected chi connectivity index (χ1v) is 8.38. The van der Waals surface area contributed by atoms with Crippen molar-refractivity contribution in [3.8, 4) is 0 Å². The van der Waals surface area contributed by atoms with Gasteiger partial charge < -0.3 is 20.1 Å². The van der Waals surface area contributed by atoms with E-state index in [1.807, 2.05) is 30.3 Å². The lowest BCUT2D eigenvalue weighted by molar-refractivity contribution is -0.149. The van der Waals surface area contributed by atoms with Crippen LogP contribution in [-0.2, 0) is 19.7 Å². The number of carboxylic acid groups (broad SMARTS) is 1. The van der Waals surface area contributed by atoms with Crippen LogP contribution in [0.2, 0.25) is 0 Å². The Morgan fingerprint density at radius 3 is 2.40 bits per heavy atom. The first-order valence-electron chi connectivity index (χ1n) is 8.38. The summed E-state index contributed by atoms with van der Waals surface area (Å²) in [6.07, 6.45) is 1.41. The van der Waals surface area contributed by atoms with Crippen molar-refractivity contribution in [2.45, 2.75) is 31.1 Å². The highest BCUT2D eigenvalue weighted by atomic mass is 16.5. The third-order valence-electron chi connectivity index (χ3n) is 4.65. The number of ether oxygens (including phenoxy) is 1. The monoisotopic (exact) mass is 348 g/mol. The molecule has 0 unspecified atom stereocenters. The van der Waals surface area contributed by atoms with Crippen LogP contribution in [0.15, 0.2) is 30.3 Å². The summed E-state index contributed by atoms with van der Waals surface area (Å²) in [6.45, 7) is 1.20. The second-order valence-corrected chi connectivity index (χ2v) is 6.16. The van der Waals surface area contributed by atoms with Gasteiger partial charge in [-0.15, -0.1) is 0 Å². The van der Waals surface area contributed by atoms with E-state index in [-0.39, 0.29) is 18.4 Å². The molecule has 0 spiro atoms. The Kier molecular flexibility index (Phi) is 6.38. The van der Waals surface area contributed by atoms with Crippen molar-refractivity contribution in [1.29, 1.82) is 0 Å². The molecule has 1 heterocycles. The van der Waals surface area contributed by atoms with Crippen LogP contribution in [0.3, 0.4) is 0 Å². The molecule has 0 atom stereocenters. The number of carboxylic acids is 1. The molecule has 25 heavy (non-hydrogen) atoms. The Morgan fingerprint density at radius 1 is 1.20 bits per heavy atom. The number of hydrogen-bond acceptors (Lipinski definition) is 4. The van der Waals surface area contributed by atoms with Crippen molar-refractivity contribution >= 4 is 18.0 Å². The normalized spacial score (nSPS) is 16.1. The lowest BCUT2D eigenvalue weighted by Gasteiger charge is -2.40. The van der Waals surface area contributed by atoms with E-state index in [0.29, 0.717) is 38.9 Å². The number of hydrogen-bond donors (Lipinski definition) is 2. The molecule has 2 rings (SSSR count). The van der Waals surface area contributed by atoms with Gasteiger partial charge in [0.05, 0.1) is 12.5 Å². The van der Waals surface area contributed by atoms with E-state index in [2.05, 4.69) is 5.32 Å². The molecule has 1 aromatic rings. The minimum atomic E-state index is -0.877. The van der Waals surface area contributed by atoms with E-state index < -0.39 is 11.4 Å². The summed E-state index contributed by atoms with van der Waals surface area (Å²) in [6, 6.07) is 9.28. The van der Waals surface area contributed by atoms with Gasteiger partial charge in [0.1, 0.15) is 0 Å². The maximum absolute atomic E-state index is 12.4. The Labute approximate surface area is 147 Å². The third-order valence-corrected chi connectivity index (χ3v) is 4.65. The fraction of sp³-hybridized carbons (Fsp3) is 0.500. The standard InChI is InChI=1S/C18H24N2O5/c1-25-16(23)18(14-6-3-2-4-7-14)9-12-20(13-10-18)17(24)19-11-5-8-15(21)22/h2-4,6-7H,5,8-13H2,1H3,(H,19,24)(H,21,22). The first-order chi connectivity index (χ1) is 12.0. The number of nitrogens with zero attached hydrogens (tertiary/aromatic N) is 1. The van der Waals surface area contributed by atoms with E-state index in [1.165, 1.54) is 7.11 Å². The molecule has 1 saturated heterocycles. The van der Waals surface area contributed by atoms with Crippen molar-refractivity contribution in [2.24, 2.45) is 0 Å². The molecule has 0 saturated carbocycles. The van der Waals surface area contributed by atoms with E-state index in [4.69, 9.17) is 9.84 Å². The molecule has 0 radical (unpaired) electrons. The second-order valence-electron chi connectivity index (χ2n) is 6.16.